The fraction of sp³-hybridized carbons (Fsp3) is 0.471. The Morgan fingerprint density at radius 2 is 1.88 bits per heavy atom. The molecule has 0 aliphatic carbocycles. The maximum Gasteiger partial charge on any atom is 0.268 e. The van der Waals surface area contributed by atoms with Gasteiger partial charge in [-0.3, -0.25) is 0 Å². The molecule has 5 nitrogen and oxygen atoms in total. The summed E-state index contributed by atoms with van der Waals surface area (Å²) in [5.41, 5.74) is 0.861. The second-order valence-corrected chi connectivity index (χ2v) is 16.6. The fourth-order valence-corrected chi connectivity index (χ4v) is 6.00. The van der Waals surface area contributed by atoms with Crippen LogP contribution in [0, 0.1) is 13.8 Å². The quantitative estimate of drug-likeness (QED) is 0.304. The number of aromatic nitrogens is 1. The van der Waals surface area contributed by atoms with Crippen LogP contribution >= 0.6 is 27.5 Å². The van der Waals surface area contributed by atoms with Crippen LogP contribution in [0.2, 0.25) is 25.7 Å². The normalized spacial score (nSPS) is 12.4. The Balaban J connectivity index is 2.35. The second kappa shape index (κ2) is 8.51. The van der Waals surface area contributed by atoms with Gasteiger partial charge in [-0.2, -0.15) is 4.37 Å². The van der Waals surface area contributed by atoms with Gasteiger partial charge in [0.05, 0.1) is 0 Å². The van der Waals surface area contributed by atoms with E-state index in [-0.39, 0.29) is 11.6 Å². The molecule has 0 saturated heterocycles. The highest BCUT2D eigenvalue weighted by Crippen LogP contribution is 2.32. The first-order chi connectivity index (χ1) is 12.0. The van der Waals surface area contributed by atoms with Gasteiger partial charge in [-0.05, 0) is 59.5 Å². The minimum absolute atomic E-state index is 0.0435. The highest BCUT2D eigenvalue weighted by molar-refractivity contribution is 9.10. The van der Waals surface area contributed by atoms with Gasteiger partial charge in [0.25, 0.3) is 10.0 Å². The van der Waals surface area contributed by atoms with Gasteiger partial charge in [0.15, 0.2) is 5.82 Å². The van der Waals surface area contributed by atoms with Crippen molar-refractivity contribution < 1.29 is 13.2 Å². The molecule has 2 aromatic rings. The van der Waals surface area contributed by atoms with E-state index in [9.17, 15) is 8.42 Å². The number of ether oxygens (including phenoxy) is 1. The minimum atomic E-state index is -3.79. The van der Waals surface area contributed by atoms with Crippen LogP contribution in [0.3, 0.4) is 0 Å². The number of hydrogen-bond acceptors (Lipinski definition) is 5. The first-order valence-electron chi connectivity index (χ1n) is 8.32. The molecule has 0 aliphatic heterocycles. The van der Waals surface area contributed by atoms with Gasteiger partial charge in [0, 0.05) is 29.6 Å². The second-order valence-electron chi connectivity index (χ2n) is 7.32. The van der Waals surface area contributed by atoms with E-state index >= 15 is 0 Å². The molecule has 9 heteroatoms. The van der Waals surface area contributed by atoms with E-state index in [4.69, 9.17) is 4.74 Å². The molecule has 0 bridgehead atoms. The molecule has 0 spiro atoms. The predicted octanol–water partition coefficient (Wildman–Crippen LogP) is 5.03. The number of rotatable bonds is 8. The minimum Gasteiger partial charge on any atom is -0.360 e. The van der Waals surface area contributed by atoms with E-state index in [0.29, 0.717) is 16.9 Å². The number of nitrogens with zero attached hydrogens (tertiary/aromatic N) is 2. The summed E-state index contributed by atoms with van der Waals surface area (Å²) in [7, 11) is -5.04. The molecule has 0 atom stereocenters. The predicted molar refractivity (Wildman–Crippen MR) is 114 cm³/mol. The van der Waals surface area contributed by atoms with Crippen LogP contribution in [0.25, 0.3) is 0 Å². The number of benzene rings is 1. The van der Waals surface area contributed by atoms with Gasteiger partial charge in [-0.25, -0.2) is 12.7 Å². The Labute approximate surface area is 169 Å². The standard InChI is InChI=1S/C17H25BrN2O3S2Si/c1-13-14(2)24-19-17(13)20(12-23-10-11-26(3,4)5)25(21,22)16-9-7-6-8-15(16)18/h6-9H,10-12H2,1-5H3. The average molecular weight is 478 g/mol. The topological polar surface area (TPSA) is 59.5 Å². The van der Waals surface area contributed by atoms with Gasteiger partial charge in [-0.1, -0.05) is 31.8 Å². The molecule has 2 rings (SSSR count). The van der Waals surface area contributed by atoms with Gasteiger partial charge < -0.3 is 4.74 Å². The molecule has 1 heterocycles. The van der Waals surface area contributed by atoms with E-state index in [1.54, 1.807) is 24.3 Å². The van der Waals surface area contributed by atoms with Crippen LogP contribution in [-0.4, -0.2) is 34.2 Å². The molecule has 26 heavy (non-hydrogen) atoms. The molecule has 0 unspecified atom stereocenters. The SMILES string of the molecule is Cc1snc(N(COCC[Si](C)(C)C)S(=O)(=O)c2ccccc2Br)c1C. The number of aryl methyl sites for hydroxylation is 1. The van der Waals surface area contributed by atoms with Crippen LogP contribution < -0.4 is 4.31 Å². The average Bonchev–Trinajstić information content (AvgIpc) is 2.86. The molecule has 1 aromatic heterocycles. The highest BCUT2D eigenvalue weighted by Gasteiger charge is 2.30. The maximum atomic E-state index is 13.3. The lowest BCUT2D eigenvalue weighted by molar-refractivity contribution is 0.156. The van der Waals surface area contributed by atoms with E-state index in [1.165, 1.54) is 15.8 Å². The third-order valence-corrected chi connectivity index (χ3v) is 9.25. The number of anilines is 1. The summed E-state index contributed by atoms with van der Waals surface area (Å²) < 4.78 is 38.5. The zero-order valence-corrected chi connectivity index (χ0v) is 20.0. The maximum absolute atomic E-state index is 13.3. The van der Waals surface area contributed by atoms with Crippen LogP contribution in [0.1, 0.15) is 10.4 Å². The largest absolute Gasteiger partial charge is 0.360 e. The lowest BCUT2D eigenvalue weighted by Crippen LogP contribution is -2.35. The zero-order chi connectivity index (χ0) is 19.5. The van der Waals surface area contributed by atoms with Crippen molar-refractivity contribution in [3.05, 3.63) is 39.2 Å². The molecule has 0 saturated carbocycles. The van der Waals surface area contributed by atoms with E-state index in [0.717, 1.165) is 16.5 Å². The Morgan fingerprint density at radius 1 is 1.23 bits per heavy atom. The molecule has 0 amide bonds. The Hall–Kier alpha value is -0.743. The van der Waals surface area contributed by atoms with Crippen molar-refractivity contribution >= 4 is 51.4 Å². The number of hydrogen-bond donors (Lipinski definition) is 0. The summed E-state index contributed by atoms with van der Waals surface area (Å²) in [4.78, 5) is 1.20. The third-order valence-electron chi connectivity index (χ3n) is 3.98. The molecular weight excluding hydrogens is 452 g/mol. The van der Waals surface area contributed by atoms with Gasteiger partial charge in [-0.15, -0.1) is 0 Å². The Bertz CT molecular complexity index is 863. The first kappa shape index (κ1) is 21.6. The summed E-state index contributed by atoms with van der Waals surface area (Å²) >= 11 is 4.65. The van der Waals surface area contributed by atoms with E-state index in [1.807, 2.05) is 13.8 Å². The van der Waals surface area contributed by atoms with Crippen LogP contribution in [0.4, 0.5) is 5.82 Å². The zero-order valence-electron chi connectivity index (χ0n) is 15.7. The van der Waals surface area contributed by atoms with Crippen LogP contribution in [0.5, 0.6) is 0 Å². The number of sulfonamides is 1. The van der Waals surface area contributed by atoms with Gasteiger partial charge >= 0.3 is 0 Å². The number of halogens is 1. The van der Waals surface area contributed by atoms with Gasteiger partial charge in [0.1, 0.15) is 11.6 Å². The highest BCUT2D eigenvalue weighted by atomic mass is 79.9. The summed E-state index contributed by atoms with van der Waals surface area (Å²) in [5.74, 6) is 0.441. The molecule has 1 aromatic carbocycles. The van der Waals surface area contributed by atoms with E-state index < -0.39 is 18.1 Å². The molecule has 144 valence electrons. The lowest BCUT2D eigenvalue weighted by atomic mass is 10.3. The smallest absolute Gasteiger partial charge is 0.268 e. The van der Waals surface area contributed by atoms with Gasteiger partial charge in [0.2, 0.25) is 0 Å². The first-order valence-corrected chi connectivity index (χ1v) is 15.0. The molecule has 0 fully saturated rings. The molecular formula is C17H25BrN2O3S2Si. The van der Waals surface area contributed by atoms with Crippen LogP contribution in [0.15, 0.2) is 33.6 Å². The monoisotopic (exact) mass is 476 g/mol. The Kier molecular flexibility index (Phi) is 7.06. The molecule has 0 radical (unpaired) electrons. The summed E-state index contributed by atoms with van der Waals surface area (Å²) in [6.07, 6.45) is 0. The lowest BCUT2D eigenvalue weighted by Gasteiger charge is -2.24. The third kappa shape index (κ3) is 5.16. The fourth-order valence-electron chi connectivity index (χ4n) is 2.18. The van der Waals surface area contributed by atoms with Crippen molar-refractivity contribution in [2.24, 2.45) is 0 Å². The summed E-state index contributed by atoms with van der Waals surface area (Å²) in [6.45, 7) is 11.1. The Morgan fingerprint density at radius 3 is 2.42 bits per heavy atom. The molecule has 0 N–H and O–H groups in total. The van der Waals surface area contributed by atoms with Crippen molar-refractivity contribution in [2.75, 3.05) is 17.6 Å². The van der Waals surface area contributed by atoms with Crippen molar-refractivity contribution in [1.29, 1.82) is 0 Å². The van der Waals surface area contributed by atoms with Crippen molar-refractivity contribution in [2.45, 2.75) is 44.4 Å². The van der Waals surface area contributed by atoms with Crippen LogP contribution in [-0.2, 0) is 14.8 Å². The molecule has 0 aliphatic rings. The van der Waals surface area contributed by atoms with Crippen molar-refractivity contribution in [3.8, 4) is 0 Å². The van der Waals surface area contributed by atoms with Crippen molar-refractivity contribution in [1.82, 2.24) is 4.37 Å². The van der Waals surface area contributed by atoms with E-state index in [2.05, 4.69) is 39.9 Å². The summed E-state index contributed by atoms with van der Waals surface area (Å²) in [6, 6.07) is 7.78. The summed E-state index contributed by atoms with van der Waals surface area (Å²) in [5, 5.41) is 0. The van der Waals surface area contributed by atoms with Crippen molar-refractivity contribution in [3.63, 3.8) is 0 Å².